The number of sulfonamides is 1. The van der Waals surface area contributed by atoms with Crippen molar-refractivity contribution in [3.05, 3.63) is 29.6 Å². The summed E-state index contributed by atoms with van der Waals surface area (Å²) in [5, 5.41) is 4.16. The van der Waals surface area contributed by atoms with Crippen molar-refractivity contribution in [3.8, 4) is 11.5 Å². The van der Waals surface area contributed by atoms with E-state index in [0.717, 1.165) is 0 Å². The average Bonchev–Trinajstić information content (AvgIpc) is 2.75. The Balaban J connectivity index is 2.37. The van der Waals surface area contributed by atoms with Gasteiger partial charge in [-0.25, -0.2) is 8.42 Å². The fraction of sp³-hybridized carbons (Fsp3) is 0.438. The quantitative estimate of drug-likeness (QED) is 0.827. The maximum absolute atomic E-state index is 12.7. The lowest BCUT2D eigenvalue weighted by Crippen LogP contribution is -2.15. The highest BCUT2D eigenvalue weighted by molar-refractivity contribution is 7.92. The Bertz CT molecular complexity index is 828. The minimum atomic E-state index is -3.74. The van der Waals surface area contributed by atoms with Gasteiger partial charge in [-0.1, -0.05) is 0 Å². The minimum Gasteiger partial charge on any atom is -0.490 e. The molecule has 0 aliphatic heterocycles. The number of nitrogens with one attached hydrogen (secondary N) is 1. The van der Waals surface area contributed by atoms with E-state index >= 15 is 0 Å². The lowest BCUT2D eigenvalue weighted by molar-refractivity contribution is 0.288. The van der Waals surface area contributed by atoms with Crippen LogP contribution >= 0.6 is 0 Å². The minimum absolute atomic E-state index is 0.192. The molecule has 0 saturated heterocycles. The highest BCUT2D eigenvalue weighted by Gasteiger charge is 2.24. The van der Waals surface area contributed by atoms with Crippen LogP contribution in [0.5, 0.6) is 11.5 Å². The summed E-state index contributed by atoms with van der Waals surface area (Å²) in [6.45, 7) is 8.08. The number of hydrogen-bond donors (Lipinski definition) is 1. The number of aromatic nitrogens is 2. The van der Waals surface area contributed by atoms with Crippen molar-refractivity contribution in [2.75, 3.05) is 17.9 Å². The van der Waals surface area contributed by atoms with Crippen LogP contribution in [0.25, 0.3) is 0 Å². The van der Waals surface area contributed by atoms with E-state index in [2.05, 4.69) is 9.82 Å². The first-order valence-electron chi connectivity index (χ1n) is 7.72. The Morgan fingerprint density at radius 2 is 1.75 bits per heavy atom. The second kappa shape index (κ2) is 7.12. The largest absolute Gasteiger partial charge is 0.490 e. The molecule has 1 N–H and O–H groups in total. The third kappa shape index (κ3) is 3.64. The van der Waals surface area contributed by atoms with Gasteiger partial charge in [0.2, 0.25) is 0 Å². The van der Waals surface area contributed by atoms with Gasteiger partial charge in [0, 0.05) is 13.1 Å². The average molecular weight is 353 g/mol. The van der Waals surface area contributed by atoms with Crippen molar-refractivity contribution in [3.63, 3.8) is 0 Å². The summed E-state index contributed by atoms with van der Waals surface area (Å²) in [6, 6.07) is 4.95. The molecule has 0 radical (unpaired) electrons. The zero-order valence-corrected chi connectivity index (χ0v) is 15.4. The molecular formula is C16H23N3O4S. The van der Waals surface area contributed by atoms with Crippen molar-refractivity contribution in [2.24, 2.45) is 7.05 Å². The van der Waals surface area contributed by atoms with E-state index < -0.39 is 10.0 Å². The lowest BCUT2D eigenvalue weighted by Gasteiger charge is -2.14. The van der Waals surface area contributed by atoms with E-state index in [0.29, 0.717) is 41.8 Å². The molecule has 0 saturated carbocycles. The summed E-state index contributed by atoms with van der Waals surface area (Å²) in [6.07, 6.45) is 0. The van der Waals surface area contributed by atoms with E-state index in [-0.39, 0.29) is 4.90 Å². The molecule has 0 amide bonds. The third-order valence-corrected chi connectivity index (χ3v) is 5.14. The number of aryl methyl sites for hydroxylation is 2. The predicted molar refractivity (Wildman–Crippen MR) is 92.3 cm³/mol. The first-order valence-corrected chi connectivity index (χ1v) is 9.21. The summed E-state index contributed by atoms with van der Waals surface area (Å²) in [5.41, 5.74) is 1.44. The van der Waals surface area contributed by atoms with Crippen molar-refractivity contribution in [1.29, 1.82) is 0 Å². The first-order chi connectivity index (χ1) is 11.3. The zero-order chi connectivity index (χ0) is 17.9. The molecule has 0 unspecified atom stereocenters. The van der Waals surface area contributed by atoms with Gasteiger partial charge in [0.25, 0.3) is 10.0 Å². The molecule has 0 spiro atoms. The molecule has 0 fully saturated rings. The molecule has 1 aromatic carbocycles. The van der Waals surface area contributed by atoms with Crippen molar-refractivity contribution in [2.45, 2.75) is 32.6 Å². The van der Waals surface area contributed by atoms with Crippen molar-refractivity contribution in [1.82, 2.24) is 9.78 Å². The fourth-order valence-corrected chi connectivity index (χ4v) is 3.95. The summed E-state index contributed by atoms with van der Waals surface area (Å²) in [4.78, 5) is 0.192. The molecule has 24 heavy (non-hydrogen) atoms. The van der Waals surface area contributed by atoms with Gasteiger partial charge < -0.3 is 9.47 Å². The second-order valence-corrected chi connectivity index (χ2v) is 6.88. The number of ether oxygens (including phenoxy) is 2. The van der Waals surface area contributed by atoms with E-state index in [1.165, 1.54) is 0 Å². The van der Waals surface area contributed by atoms with Crippen molar-refractivity contribution < 1.29 is 17.9 Å². The van der Waals surface area contributed by atoms with Gasteiger partial charge in [0.1, 0.15) is 4.90 Å². The topological polar surface area (TPSA) is 82.5 Å². The van der Waals surface area contributed by atoms with E-state index in [4.69, 9.17) is 9.47 Å². The van der Waals surface area contributed by atoms with Crippen LogP contribution in [0, 0.1) is 13.8 Å². The zero-order valence-electron chi connectivity index (χ0n) is 14.6. The van der Waals surface area contributed by atoms with Crippen LogP contribution in [0.2, 0.25) is 0 Å². The maximum atomic E-state index is 12.7. The van der Waals surface area contributed by atoms with E-state index in [1.807, 2.05) is 13.8 Å². The molecule has 2 rings (SSSR count). The monoisotopic (exact) mass is 353 g/mol. The number of nitrogens with zero attached hydrogens (tertiary/aromatic N) is 2. The molecule has 2 aromatic rings. The maximum Gasteiger partial charge on any atom is 0.265 e. The highest BCUT2D eigenvalue weighted by atomic mass is 32.2. The van der Waals surface area contributed by atoms with Gasteiger partial charge in [0.15, 0.2) is 11.5 Å². The van der Waals surface area contributed by atoms with Crippen LogP contribution in [0.4, 0.5) is 5.69 Å². The fourth-order valence-electron chi connectivity index (χ4n) is 2.46. The van der Waals surface area contributed by atoms with Crippen molar-refractivity contribution >= 4 is 15.7 Å². The van der Waals surface area contributed by atoms with Crippen LogP contribution in [-0.4, -0.2) is 31.4 Å². The SMILES string of the molecule is CCOc1ccc(NS(=O)(=O)c2c(C)nn(C)c2C)cc1OCC. The molecule has 0 aliphatic carbocycles. The number of benzene rings is 1. The second-order valence-electron chi connectivity index (χ2n) is 5.26. The molecule has 8 heteroatoms. The lowest BCUT2D eigenvalue weighted by atomic mass is 10.3. The third-order valence-electron chi connectivity index (χ3n) is 3.51. The molecular weight excluding hydrogens is 330 g/mol. The molecule has 1 aromatic heterocycles. The smallest absolute Gasteiger partial charge is 0.265 e. The summed E-state index contributed by atoms with van der Waals surface area (Å²) in [5.74, 6) is 1.08. The molecule has 0 aliphatic rings. The van der Waals surface area contributed by atoms with Gasteiger partial charge in [-0.15, -0.1) is 0 Å². The van der Waals surface area contributed by atoms with Gasteiger partial charge >= 0.3 is 0 Å². The molecule has 0 atom stereocenters. The standard InChI is InChI=1S/C16H23N3O4S/c1-6-22-14-9-8-13(10-15(14)23-7-2)18-24(20,21)16-11(3)17-19(5)12(16)4/h8-10,18H,6-7H2,1-5H3. The van der Waals surface area contributed by atoms with Gasteiger partial charge in [-0.3, -0.25) is 9.40 Å². The summed E-state index contributed by atoms with van der Waals surface area (Å²) < 4.78 is 40.5. The summed E-state index contributed by atoms with van der Waals surface area (Å²) >= 11 is 0. The number of anilines is 1. The van der Waals surface area contributed by atoms with E-state index in [1.54, 1.807) is 43.8 Å². The Kier molecular flexibility index (Phi) is 5.38. The molecule has 1 heterocycles. The Morgan fingerprint density at radius 3 is 2.29 bits per heavy atom. The van der Waals surface area contributed by atoms with Gasteiger partial charge in [-0.2, -0.15) is 5.10 Å². The van der Waals surface area contributed by atoms with Crippen LogP contribution in [0.15, 0.2) is 23.1 Å². The summed E-state index contributed by atoms with van der Waals surface area (Å²) in [7, 11) is -2.03. The van der Waals surface area contributed by atoms with Crippen LogP contribution < -0.4 is 14.2 Å². The molecule has 7 nitrogen and oxygen atoms in total. The molecule has 132 valence electrons. The van der Waals surface area contributed by atoms with E-state index in [9.17, 15) is 8.42 Å². The molecule has 0 bridgehead atoms. The van der Waals surface area contributed by atoms with Crippen LogP contribution in [0.1, 0.15) is 25.2 Å². The Labute approximate surface area is 142 Å². The van der Waals surface area contributed by atoms with Crippen LogP contribution in [-0.2, 0) is 17.1 Å². The number of rotatable bonds is 7. The predicted octanol–water partition coefficient (Wildman–Crippen LogP) is 2.64. The Morgan fingerprint density at radius 1 is 1.12 bits per heavy atom. The Hall–Kier alpha value is -2.22. The van der Waals surface area contributed by atoms with Gasteiger partial charge in [-0.05, 0) is 39.8 Å². The van der Waals surface area contributed by atoms with Crippen LogP contribution in [0.3, 0.4) is 0 Å². The first kappa shape index (κ1) is 18.1. The highest BCUT2D eigenvalue weighted by Crippen LogP contribution is 2.32. The number of hydrogen-bond acceptors (Lipinski definition) is 5. The normalized spacial score (nSPS) is 11.4. The van der Waals surface area contributed by atoms with Gasteiger partial charge in [0.05, 0.1) is 30.3 Å².